The second kappa shape index (κ2) is 7.11. The zero-order chi connectivity index (χ0) is 18.0. The van der Waals surface area contributed by atoms with E-state index in [9.17, 15) is 9.18 Å². The van der Waals surface area contributed by atoms with Gasteiger partial charge in [-0.3, -0.25) is 4.79 Å². The molecule has 1 N–H and O–H groups in total. The van der Waals surface area contributed by atoms with Gasteiger partial charge in [0.2, 0.25) is 0 Å². The van der Waals surface area contributed by atoms with Gasteiger partial charge in [0.15, 0.2) is 0 Å². The van der Waals surface area contributed by atoms with Crippen molar-refractivity contribution in [3.05, 3.63) is 75.9 Å². The third-order valence-corrected chi connectivity index (χ3v) is 4.51. The van der Waals surface area contributed by atoms with Gasteiger partial charge in [-0.25, -0.2) is 4.39 Å². The average Bonchev–Trinajstić information content (AvgIpc) is 2.82. The van der Waals surface area contributed by atoms with Crippen molar-refractivity contribution in [3.8, 4) is 11.5 Å². The van der Waals surface area contributed by atoms with Crippen molar-refractivity contribution in [1.82, 2.24) is 0 Å². The molecule has 0 aliphatic rings. The van der Waals surface area contributed by atoms with E-state index >= 15 is 0 Å². The first-order valence-corrected chi connectivity index (χ1v) is 8.33. The van der Waals surface area contributed by atoms with E-state index in [4.69, 9.17) is 9.15 Å². The summed E-state index contributed by atoms with van der Waals surface area (Å²) in [5.41, 5.74) is 1.08. The van der Waals surface area contributed by atoms with E-state index in [1.54, 1.807) is 50.2 Å². The summed E-state index contributed by atoms with van der Waals surface area (Å²) in [6.45, 7) is 3.52. The minimum atomic E-state index is -0.363. The number of amides is 1. The normalized spacial score (nSPS) is 10.6. The first-order chi connectivity index (χ1) is 11.9. The molecule has 25 heavy (non-hydrogen) atoms. The molecular weight excluding hydrogens is 389 g/mol. The number of benzene rings is 2. The molecule has 3 rings (SSSR count). The molecule has 0 unspecified atom stereocenters. The largest absolute Gasteiger partial charge is 0.465 e. The van der Waals surface area contributed by atoms with Crippen LogP contribution in [0, 0.1) is 19.7 Å². The number of aryl methyl sites for hydroxylation is 2. The third-order valence-electron chi connectivity index (χ3n) is 3.56. The number of furan rings is 1. The van der Waals surface area contributed by atoms with Gasteiger partial charge >= 0.3 is 0 Å². The van der Waals surface area contributed by atoms with Crippen LogP contribution in [0.5, 0.6) is 11.5 Å². The fourth-order valence-electron chi connectivity index (χ4n) is 2.38. The van der Waals surface area contributed by atoms with Crippen molar-refractivity contribution in [2.45, 2.75) is 13.8 Å². The number of ether oxygens (including phenoxy) is 1. The fraction of sp³-hybridized carbons (Fsp3) is 0.105. The van der Waals surface area contributed by atoms with Gasteiger partial charge in [0.1, 0.15) is 28.8 Å². The topological polar surface area (TPSA) is 51.5 Å². The maximum Gasteiger partial charge on any atom is 0.260 e. The molecule has 1 aromatic heterocycles. The number of nitrogens with one attached hydrogen (secondary N) is 1. The maximum atomic E-state index is 13.2. The van der Waals surface area contributed by atoms with Crippen LogP contribution >= 0.6 is 15.9 Å². The molecule has 0 radical (unpaired) electrons. The van der Waals surface area contributed by atoms with Crippen LogP contribution in [-0.2, 0) is 0 Å². The first-order valence-electron chi connectivity index (χ1n) is 7.54. The maximum absolute atomic E-state index is 13.2. The van der Waals surface area contributed by atoms with Crippen molar-refractivity contribution in [1.29, 1.82) is 0 Å². The molecule has 0 aliphatic heterocycles. The van der Waals surface area contributed by atoms with Crippen LogP contribution < -0.4 is 10.1 Å². The predicted molar refractivity (Wildman–Crippen MR) is 96.8 cm³/mol. The Morgan fingerprint density at radius 1 is 1.08 bits per heavy atom. The Morgan fingerprint density at radius 2 is 1.80 bits per heavy atom. The molecule has 0 saturated heterocycles. The molecule has 0 spiro atoms. The second-order valence-electron chi connectivity index (χ2n) is 5.44. The van der Waals surface area contributed by atoms with Gasteiger partial charge in [-0.15, -0.1) is 0 Å². The molecule has 0 saturated carbocycles. The molecule has 1 amide bonds. The first kappa shape index (κ1) is 17.2. The Labute approximate surface area is 152 Å². The summed E-state index contributed by atoms with van der Waals surface area (Å²) in [5, 5.41) is 2.81. The number of carbonyl (C=O) groups is 1. The zero-order valence-corrected chi connectivity index (χ0v) is 15.2. The molecule has 2 aromatic carbocycles. The Kier molecular flexibility index (Phi) is 4.90. The van der Waals surface area contributed by atoms with Gasteiger partial charge in [0.25, 0.3) is 5.91 Å². The molecule has 0 bridgehead atoms. The van der Waals surface area contributed by atoms with Gasteiger partial charge < -0.3 is 14.5 Å². The number of anilines is 1. The van der Waals surface area contributed by atoms with Crippen LogP contribution in [0.25, 0.3) is 0 Å². The minimum Gasteiger partial charge on any atom is -0.465 e. The lowest BCUT2D eigenvalue weighted by molar-refractivity contribution is 0.102. The molecule has 0 atom stereocenters. The number of rotatable bonds is 4. The van der Waals surface area contributed by atoms with E-state index in [1.807, 2.05) is 0 Å². The molecule has 128 valence electrons. The zero-order valence-electron chi connectivity index (χ0n) is 13.6. The van der Waals surface area contributed by atoms with Crippen molar-refractivity contribution >= 4 is 27.5 Å². The van der Waals surface area contributed by atoms with E-state index in [-0.39, 0.29) is 11.7 Å². The molecule has 0 fully saturated rings. The van der Waals surface area contributed by atoms with Crippen LogP contribution in [0.2, 0.25) is 0 Å². The standard InChI is InChI=1S/C19H15BrFNO3/c1-11-17(18(20)12(2)24-11)19(23)22-14-6-8-15(9-7-14)25-16-5-3-4-13(21)10-16/h3-10H,1-2H3,(H,22,23). The highest BCUT2D eigenvalue weighted by Gasteiger charge is 2.19. The summed E-state index contributed by atoms with van der Waals surface area (Å²) in [6.07, 6.45) is 0. The number of hydrogen-bond acceptors (Lipinski definition) is 3. The van der Waals surface area contributed by atoms with Gasteiger partial charge in [-0.1, -0.05) is 6.07 Å². The van der Waals surface area contributed by atoms with Crippen molar-refractivity contribution in [2.24, 2.45) is 0 Å². The smallest absolute Gasteiger partial charge is 0.260 e. The van der Waals surface area contributed by atoms with Crippen LogP contribution in [0.3, 0.4) is 0 Å². The minimum absolute atomic E-state index is 0.264. The monoisotopic (exact) mass is 403 g/mol. The van der Waals surface area contributed by atoms with Gasteiger partial charge in [0.05, 0.1) is 10.0 Å². The van der Waals surface area contributed by atoms with Gasteiger partial charge in [0, 0.05) is 11.8 Å². The summed E-state index contributed by atoms with van der Waals surface area (Å²) in [5.74, 6) is 1.53. The predicted octanol–water partition coefficient (Wildman–Crippen LogP) is 5.84. The summed E-state index contributed by atoms with van der Waals surface area (Å²) >= 11 is 3.36. The average molecular weight is 404 g/mol. The van der Waals surface area contributed by atoms with E-state index in [2.05, 4.69) is 21.2 Å². The molecule has 4 nitrogen and oxygen atoms in total. The number of hydrogen-bond donors (Lipinski definition) is 1. The number of carbonyl (C=O) groups excluding carboxylic acids is 1. The Bertz CT molecular complexity index is 919. The molecule has 0 aliphatic carbocycles. The lowest BCUT2D eigenvalue weighted by Crippen LogP contribution is -2.12. The molecular formula is C19H15BrFNO3. The lowest BCUT2D eigenvalue weighted by atomic mass is 10.2. The summed E-state index contributed by atoms with van der Waals surface area (Å²) in [7, 11) is 0. The summed E-state index contributed by atoms with van der Waals surface area (Å²) < 4.78 is 24.8. The van der Waals surface area contributed by atoms with Crippen molar-refractivity contribution in [3.63, 3.8) is 0 Å². The third kappa shape index (κ3) is 3.91. The highest BCUT2D eigenvalue weighted by molar-refractivity contribution is 9.10. The molecule has 3 aromatic rings. The van der Waals surface area contributed by atoms with Crippen LogP contribution in [0.4, 0.5) is 10.1 Å². The van der Waals surface area contributed by atoms with E-state index < -0.39 is 0 Å². The van der Waals surface area contributed by atoms with E-state index in [0.717, 1.165) is 0 Å². The van der Waals surface area contributed by atoms with Crippen molar-refractivity contribution < 1.29 is 18.3 Å². The van der Waals surface area contributed by atoms with Crippen LogP contribution in [-0.4, -0.2) is 5.91 Å². The molecule has 1 heterocycles. The Hall–Kier alpha value is -2.60. The fourth-order valence-corrected chi connectivity index (χ4v) is 2.92. The van der Waals surface area contributed by atoms with Gasteiger partial charge in [-0.2, -0.15) is 0 Å². The van der Waals surface area contributed by atoms with E-state index in [1.165, 1.54) is 12.1 Å². The van der Waals surface area contributed by atoms with Crippen LogP contribution in [0.15, 0.2) is 57.4 Å². The van der Waals surface area contributed by atoms with Crippen molar-refractivity contribution in [2.75, 3.05) is 5.32 Å². The van der Waals surface area contributed by atoms with Gasteiger partial charge in [-0.05, 0) is 66.2 Å². The number of halogens is 2. The highest BCUT2D eigenvalue weighted by atomic mass is 79.9. The SMILES string of the molecule is Cc1oc(C)c(C(=O)Nc2ccc(Oc3cccc(F)c3)cc2)c1Br. The Morgan fingerprint density at radius 3 is 2.40 bits per heavy atom. The molecule has 6 heteroatoms. The quantitative estimate of drug-likeness (QED) is 0.594. The Balaban J connectivity index is 1.71. The van der Waals surface area contributed by atoms with E-state index in [0.29, 0.717) is 38.7 Å². The summed E-state index contributed by atoms with van der Waals surface area (Å²) in [4.78, 5) is 12.4. The second-order valence-corrected chi connectivity index (χ2v) is 6.23. The lowest BCUT2D eigenvalue weighted by Gasteiger charge is -2.08. The summed E-state index contributed by atoms with van der Waals surface area (Å²) in [6, 6.07) is 12.7. The highest BCUT2D eigenvalue weighted by Crippen LogP contribution is 2.29. The van der Waals surface area contributed by atoms with Crippen LogP contribution in [0.1, 0.15) is 21.9 Å².